The smallest absolute Gasteiger partial charge is 0.151 e. The van der Waals surface area contributed by atoms with Crippen LogP contribution in [-0.2, 0) is 5.33 Å². The maximum absolute atomic E-state index is 10.8. The van der Waals surface area contributed by atoms with Crippen LogP contribution in [0.4, 0.5) is 0 Å². The highest BCUT2D eigenvalue weighted by Gasteiger charge is 2.08. The normalized spacial score (nSPS) is 10.7. The largest absolute Gasteiger partial charge is 0.298 e. The fourth-order valence-electron chi connectivity index (χ4n) is 1.43. The summed E-state index contributed by atoms with van der Waals surface area (Å²) in [7, 11) is 0. The molecule has 1 nitrogen and oxygen atoms in total. The zero-order valence-corrected chi connectivity index (χ0v) is 10.2. The average molecular weight is 290 g/mol. The summed E-state index contributed by atoms with van der Waals surface area (Å²) in [6.45, 7) is 0. The molecule has 0 spiro atoms. The number of rotatable bonds is 2. The van der Waals surface area contributed by atoms with Crippen LogP contribution < -0.4 is 0 Å². The number of hydrogen-bond acceptors (Lipinski definition) is 2. The number of carbonyl (C=O) groups excluding carboxylic acids is 1. The van der Waals surface area contributed by atoms with E-state index < -0.39 is 0 Å². The fraction of sp³-hybridized carbons (Fsp3) is 0.100. The highest BCUT2D eigenvalue weighted by Crippen LogP contribution is 2.32. The molecule has 1 heterocycles. The van der Waals surface area contributed by atoms with Crippen LogP contribution in [0, 0.1) is 0 Å². The molecule has 4 heteroatoms. The quantitative estimate of drug-likeness (QED) is 0.596. The molecule has 72 valence electrons. The number of thiophene rings is 1. The monoisotopic (exact) mass is 288 g/mol. The second kappa shape index (κ2) is 4.01. The molecule has 0 bridgehead atoms. The number of fused-ring (bicyclic) bond motifs is 1. The maximum atomic E-state index is 10.8. The van der Waals surface area contributed by atoms with Gasteiger partial charge in [0, 0.05) is 31.4 Å². The van der Waals surface area contributed by atoms with Gasteiger partial charge in [-0.25, -0.2) is 0 Å². The Balaban J connectivity index is 2.85. The zero-order chi connectivity index (χ0) is 10.1. The summed E-state index contributed by atoms with van der Waals surface area (Å²) < 4.78 is 1.06. The minimum Gasteiger partial charge on any atom is -0.298 e. The molecule has 0 aliphatic heterocycles. The lowest BCUT2D eigenvalue weighted by Gasteiger charge is -2.00. The number of alkyl halides is 1. The Labute approximate surface area is 98.8 Å². The van der Waals surface area contributed by atoms with Gasteiger partial charge in [0.15, 0.2) is 6.29 Å². The van der Waals surface area contributed by atoms with E-state index in [1.807, 2.05) is 17.5 Å². The second-order valence-corrected chi connectivity index (χ2v) is 4.79. The van der Waals surface area contributed by atoms with Crippen LogP contribution in [0.5, 0.6) is 0 Å². The number of carbonyl (C=O) groups is 1. The summed E-state index contributed by atoms with van der Waals surface area (Å²) in [5.74, 6) is 0. The van der Waals surface area contributed by atoms with E-state index in [2.05, 4.69) is 15.9 Å². The molecule has 0 amide bonds. The van der Waals surface area contributed by atoms with Gasteiger partial charge in [0.05, 0.1) is 0 Å². The minimum absolute atomic E-state index is 0.710. The van der Waals surface area contributed by atoms with Crippen molar-refractivity contribution in [1.29, 1.82) is 0 Å². The molecule has 2 rings (SSSR count). The minimum atomic E-state index is 0.710. The molecule has 14 heavy (non-hydrogen) atoms. The van der Waals surface area contributed by atoms with Crippen molar-refractivity contribution in [2.75, 3.05) is 0 Å². The predicted octanol–water partition coefficient (Wildman–Crippen LogP) is 4.26. The molecule has 0 aliphatic carbocycles. The highest BCUT2D eigenvalue weighted by atomic mass is 79.9. The molecule has 0 saturated heterocycles. The lowest BCUT2D eigenvalue weighted by atomic mass is 10.1. The Hall–Kier alpha value is -0.380. The summed E-state index contributed by atoms with van der Waals surface area (Å²) in [5, 5.41) is 4.31. The van der Waals surface area contributed by atoms with Crippen LogP contribution in [0.1, 0.15) is 15.9 Å². The molecule has 0 atom stereocenters. The van der Waals surface area contributed by atoms with Gasteiger partial charge in [-0.1, -0.05) is 27.5 Å². The molecule has 0 aliphatic rings. The van der Waals surface area contributed by atoms with Gasteiger partial charge in [-0.2, -0.15) is 0 Å². The van der Waals surface area contributed by atoms with Crippen LogP contribution in [0.2, 0.25) is 5.02 Å². The summed E-state index contributed by atoms with van der Waals surface area (Å²) in [5.41, 5.74) is 1.81. The first kappa shape index (κ1) is 10.1. The molecular formula is C10H6BrClOS. The van der Waals surface area contributed by atoms with E-state index in [0.29, 0.717) is 10.4 Å². The van der Waals surface area contributed by atoms with E-state index >= 15 is 0 Å². The van der Waals surface area contributed by atoms with Gasteiger partial charge in [0.1, 0.15) is 0 Å². The third-order valence-corrected chi connectivity index (χ3v) is 3.79. The standard InChI is InChI=1S/C10H6BrClOS/c11-3-6-1-8(12)2-9-10(6)7(4-13)5-14-9/h1-2,4-5H,3H2. The number of benzene rings is 1. The Morgan fingerprint density at radius 3 is 2.93 bits per heavy atom. The third-order valence-electron chi connectivity index (χ3n) is 2.02. The van der Waals surface area contributed by atoms with Crippen molar-refractivity contribution in [2.45, 2.75) is 5.33 Å². The molecule has 1 aromatic carbocycles. The first-order chi connectivity index (χ1) is 6.76. The van der Waals surface area contributed by atoms with Gasteiger partial charge in [0.2, 0.25) is 0 Å². The predicted molar refractivity (Wildman–Crippen MR) is 64.9 cm³/mol. The van der Waals surface area contributed by atoms with E-state index in [1.54, 1.807) is 11.3 Å². The van der Waals surface area contributed by atoms with Crippen molar-refractivity contribution >= 4 is 55.2 Å². The summed E-state index contributed by atoms with van der Waals surface area (Å²) in [6, 6.07) is 3.78. The lowest BCUT2D eigenvalue weighted by molar-refractivity contribution is 0.112. The third kappa shape index (κ3) is 1.60. The van der Waals surface area contributed by atoms with Gasteiger partial charge >= 0.3 is 0 Å². The van der Waals surface area contributed by atoms with Crippen LogP contribution in [-0.4, -0.2) is 6.29 Å². The summed E-state index contributed by atoms with van der Waals surface area (Å²) in [4.78, 5) is 10.8. The number of aldehydes is 1. The van der Waals surface area contributed by atoms with Crippen LogP contribution >= 0.6 is 38.9 Å². The molecule has 0 radical (unpaired) electrons. The first-order valence-electron chi connectivity index (χ1n) is 3.97. The Kier molecular flexibility index (Phi) is 2.91. The van der Waals surface area contributed by atoms with E-state index in [1.165, 1.54) is 0 Å². The van der Waals surface area contributed by atoms with E-state index in [9.17, 15) is 4.79 Å². The first-order valence-corrected chi connectivity index (χ1v) is 6.35. The summed E-state index contributed by atoms with van der Waals surface area (Å²) in [6.07, 6.45) is 0.888. The highest BCUT2D eigenvalue weighted by molar-refractivity contribution is 9.08. The topological polar surface area (TPSA) is 17.1 Å². The van der Waals surface area contributed by atoms with E-state index in [-0.39, 0.29) is 0 Å². The van der Waals surface area contributed by atoms with Crippen molar-refractivity contribution in [3.05, 3.63) is 33.7 Å². The second-order valence-electron chi connectivity index (χ2n) is 2.88. The van der Waals surface area contributed by atoms with Gasteiger partial charge in [-0.05, 0) is 17.7 Å². The van der Waals surface area contributed by atoms with Crippen molar-refractivity contribution in [3.8, 4) is 0 Å². The average Bonchev–Trinajstić information content (AvgIpc) is 2.59. The Morgan fingerprint density at radius 1 is 1.50 bits per heavy atom. The molecule has 1 aromatic heterocycles. The number of hydrogen-bond donors (Lipinski definition) is 0. The molecule has 0 fully saturated rings. The van der Waals surface area contributed by atoms with Crippen molar-refractivity contribution in [1.82, 2.24) is 0 Å². The van der Waals surface area contributed by atoms with Crippen LogP contribution in [0.3, 0.4) is 0 Å². The maximum Gasteiger partial charge on any atom is 0.151 e. The molecule has 0 saturated carbocycles. The van der Waals surface area contributed by atoms with Gasteiger partial charge in [-0.3, -0.25) is 4.79 Å². The van der Waals surface area contributed by atoms with Crippen molar-refractivity contribution in [2.24, 2.45) is 0 Å². The van der Waals surface area contributed by atoms with E-state index in [0.717, 1.165) is 27.5 Å². The van der Waals surface area contributed by atoms with Crippen LogP contribution in [0.15, 0.2) is 17.5 Å². The van der Waals surface area contributed by atoms with Crippen molar-refractivity contribution in [3.63, 3.8) is 0 Å². The Morgan fingerprint density at radius 2 is 2.29 bits per heavy atom. The number of halogens is 2. The molecular weight excluding hydrogens is 284 g/mol. The molecule has 2 aromatic rings. The zero-order valence-electron chi connectivity index (χ0n) is 7.09. The SMILES string of the molecule is O=Cc1csc2cc(Cl)cc(CBr)c12. The Bertz CT molecular complexity index is 492. The lowest BCUT2D eigenvalue weighted by Crippen LogP contribution is -1.83. The fourth-order valence-corrected chi connectivity index (χ4v) is 3.17. The van der Waals surface area contributed by atoms with Gasteiger partial charge in [-0.15, -0.1) is 11.3 Å². The van der Waals surface area contributed by atoms with Crippen LogP contribution in [0.25, 0.3) is 10.1 Å². The van der Waals surface area contributed by atoms with Gasteiger partial charge < -0.3 is 0 Å². The van der Waals surface area contributed by atoms with E-state index in [4.69, 9.17) is 11.6 Å². The molecule has 0 N–H and O–H groups in total. The van der Waals surface area contributed by atoms with Crippen molar-refractivity contribution < 1.29 is 4.79 Å². The van der Waals surface area contributed by atoms with Gasteiger partial charge in [0.25, 0.3) is 0 Å². The molecule has 0 unspecified atom stereocenters. The summed E-state index contributed by atoms with van der Waals surface area (Å²) >= 11 is 10.9.